The summed E-state index contributed by atoms with van der Waals surface area (Å²) in [5.41, 5.74) is 0.343. The highest BCUT2D eigenvalue weighted by molar-refractivity contribution is 7.91. The highest BCUT2D eigenvalue weighted by Gasteiger charge is 2.13. The van der Waals surface area contributed by atoms with E-state index in [-0.39, 0.29) is 16.3 Å². The molecule has 0 bridgehead atoms. The maximum absolute atomic E-state index is 11.9. The lowest BCUT2D eigenvalue weighted by Crippen LogP contribution is -2.29. The van der Waals surface area contributed by atoms with Gasteiger partial charge in [0, 0.05) is 13.1 Å². The SMILES string of the molecule is O=c1[nH]c(NCCNS(=O)(=O)c2cccs2)nc2ccccc12. The van der Waals surface area contributed by atoms with Crippen molar-refractivity contribution in [2.24, 2.45) is 0 Å². The molecular formula is C14H14N4O3S2. The van der Waals surface area contributed by atoms with Crippen LogP contribution in [-0.2, 0) is 10.0 Å². The van der Waals surface area contributed by atoms with Gasteiger partial charge in [0.1, 0.15) is 4.21 Å². The van der Waals surface area contributed by atoms with E-state index in [0.717, 1.165) is 11.3 Å². The molecule has 3 rings (SSSR count). The summed E-state index contributed by atoms with van der Waals surface area (Å²) in [5, 5.41) is 5.12. The predicted molar refractivity (Wildman–Crippen MR) is 90.4 cm³/mol. The highest BCUT2D eigenvalue weighted by Crippen LogP contribution is 2.14. The van der Waals surface area contributed by atoms with E-state index in [2.05, 4.69) is 20.0 Å². The Labute approximate surface area is 136 Å². The van der Waals surface area contributed by atoms with Crippen LogP contribution in [0.1, 0.15) is 0 Å². The molecule has 9 heteroatoms. The van der Waals surface area contributed by atoms with Crippen LogP contribution in [0.3, 0.4) is 0 Å². The zero-order valence-electron chi connectivity index (χ0n) is 11.9. The molecule has 120 valence electrons. The normalized spacial score (nSPS) is 11.7. The number of hydrogen-bond donors (Lipinski definition) is 3. The van der Waals surface area contributed by atoms with Crippen molar-refractivity contribution in [3.63, 3.8) is 0 Å². The first-order valence-corrected chi connectivity index (χ1v) is 9.19. The number of H-pyrrole nitrogens is 1. The molecule has 0 atom stereocenters. The number of fused-ring (bicyclic) bond motifs is 1. The number of aromatic nitrogens is 2. The van der Waals surface area contributed by atoms with E-state index in [1.807, 2.05) is 0 Å². The zero-order valence-corrected chi connectivity index (χ0v) is 13.6. The minimum Gasteiger partial charge on any atom is -0.354 e. The third-order valence-corrected chi connectivity index (χ3v) is 5.94. The van der Waals surface area contributed by atoms with E-state index < -0.39 is 10.0 Å². The number of nitrogens with zero attached hydrogens (tertiary/aromatic N) is 1. The van der Waals surface area contributed by atoms with Gasteiger partial charge in [-0.25, -0.2) is 18.1 Å². The van der Waals surface area contributed by atoms with Crippen LogP contribution in [0.5, 0.6) is 0 Å². The van der Waals surface area contributed by atoms with Crippen LogP contribution < -0.4 is 15.6 Å². The van der Waals surface area contributed by atoms with Gasteiger partial charge in [-0.3, -0.25) is 9.78 Å². The van der Waals surface area contributed by atoms with Gasteiger partial charge >= 0.3 is 0 Å². The maximum atomic E-state index is 11.9. The summed E-state index contributed by atoms with van der Waals surface area (Å²) in [6.45, 7) is 0.475. The smallest absolute Gasteiger partial charge is 0.260 e. The van der Waals surface area contributed by atoms with Crippen molar-refractivity contribution in [2.45, 2.75) is 4.21 Å². The lowest BCUT2D eigenvalue weighted by Gasteiger charge is -2.07. The molecule has 0 saturated heterocycles. The molecular weight excluding hydrogens is 336 g/mol. The van der Waals surface area contributed by atoms with Gasteiger partial charge in [-0.05, 0) is 23.6 Å². The van der Waals surface area contributed by atoms with E-state index in [1.54, 1.807) is 41.8 Å². The first-order chi connectivity index (χ1) is 11.1. The summed E-state index contributed by atoms with van der Waals surface area (Å²) in [6.07, 6.45) is 0. The second-order valence-corrected chi connectivity index (χ2v) is 7.63. The van der Waals surface area contributed by atoms with E-state index in [4.69, 9.17) is 0 Å². The Balaban J connectivity index is 1.62. The summed E-state index contributed by atoms with van der Waals surface area (Å²) in [6, 6.07) is 10.2. The van der Waals surface area contributed by atoms with Gasteiger partial charge in [0.05, 0.1) is 10.9 Å². The molecule has 0 unspecified atom stereocenters. The molecule has 7 nitrogen and oxygen atoms in total. The van der Waals surface area contributed by atoms with Crippen LogP contribution in [0.4, 0.5) is 5.95 Å². The van der Waals surface area contributed by atoms with Gasteiger partial charge in [0.15, 0.2) is 0 Å². The predicted octanol–water partition coefficient (Wildman–Crippen LogP) is 1.38. The lowest BCUT2D eigenvalue weighted by atomic mass is 10.2. The van der Waals surface area contributed by atoms with E-state index in [1.165, 1.54) is 0 Å². The van der Waals surface area contributed by atoms with Crippen molar-refractivity contribution in [1.29, 1.82) is 0 Å². The number of nitrogens with one attached hydrogen (secondary N) is 3. The van der Waals surface area contributed by atoms with Crippen LogP contribution in [0.15, 0.2) is 50.8 Å². The van der Waals surface area contributed by atoms with E-state index >= 15 is 0 Å². The first-order valence-electron chi connectivity index (χ1n) is 6.82. The van der Waals surface area contributed by atoms with Crippen molar-refractivity contribution in [1.82, 2.24) is 14.7 Å². The fourth-order valence-electron chi connectivity index (χ4n) is 2.02. The fourth-order valence-corrected chi connectivity index (χ4v) is 4.09. The second kappa shape index (κ2) is 6.49. The summed E-state index contributed by atoms with van der Waals surface area (Å²) >= 11 is 1.16. The van der Waals surface area contributed by atoms with Crippen LogP contribution >= 0.6 is 11.3 Å². The number of benzene rings is 1. The van der Waals surface area contributed by atoms with E-state index in [9.17, 15) is 13.2 Å². The largest absolute Gasteiger partial charge is 0.354 e. The average Bonchev–Trinajstić information content (AvgIpc) is 3.07. The summed E-state index contributed by atoms with van der Waals surface area (Å²) in [7, 11) is -3.48. The summed E-state index contributed by atoms with van der Waals surface area (Å²) < 4.78 is 26.6. The Morgan fingerprint density at radius 3 is 2.74 bits per heavy atom. The van der Waals surface area contributed by atoms with Gasteiger partial charge in [-0.1, -0.05) is 18.2 Å². The molecule has 0 fully saturated rings. The third-order valence-electron chi connectivity index (χ3n) is 3.08. The molecule has 0 aliphatic rings. The monoisotopic (exact) mass is 350 g/mol. The average molecular weight is 350 g/mol. The van der Waals surface area contributed by atoms with Crippen LogP contribution in [0.2, 0.25) is 0 Å². The third kappa shape index (κ3) is 3.58. The van der Waals surface area contributed by atoms with Crippen molar-refractivity contribution in [2.75, 3.05) is 18.4 Å². The Hall–Kier alpha value is -2.23. The van der Waals surface area contributed by atoms with Gasteiger partial charge in [-0.2, -0.15) is 0 Å². The van der Waals surface area contributed by atoms with Crippen molar-refractivity contribution in [3.05, 3.63) is 52.1 Å². The number of aromatic amines is 1. The Morgan fingerprint density at radius 1 is 1.13 bits per heavy atom. The number of sulfonamides is 1. The molecule has 3 aromatic rings. The van der Waals surface area contributed by atoms with Gasteiger partial charge in [0.25, 0.3) is 5.56 Å². The number of anilines is 1. The van der Waals surface area contributed by atoms with Gasteiger partial charge in [-0.15, -0.1) is 11.3 Å². The molecule has 0 radical (unpaired) electrons. The molecule has 2 aromatic heterocycles. The van der Waals surface area contributed by atoms with Gasteiger partial charge in [0.2, 0.25) is 16.0 Å². The number of para-hydroxylation sites is 1. The Morgan fingerprint density at radius 2 is 1.96 bits per heavy atom. The summed E-state index contributed by atoms with van der Waals surface area (Å²) in [5.74, 6) is 0.309. The van der Waals surface area contributed by atoms with Crippen molar-refractivity contribution >= 4 is 38.2 Å². The molecule has 0 aliphatic heterocycles. The fraction of sp³-hybridized carbons (Fsp3) is 0.143. The number of rotatable bonds is 6. The van der Waals surface area contributed by atoms with Crippen LogP contribution in [0, 0.1) is 0 Å². The van der Waals surface area contributed by atoms with Crippen molar-refractivity contribution < 1.29 is 8.42 Å². The molecule has 0 saturated carbocycles. The molecule has 0 spiro atoms. The first kappa shape index (κ1) is 15.7. The summed E-state index contributed by atoms with van der Waals surface area (Å²) in [4.78, 5) is 18.8. The Kier molecular flexibility index (Phi) is 4.42. The highest BCUT2D eigenvalue weighted by atomic mass is 32.2. The second-order valence-electron chi connectivity index (χ2n) is 4.69. The van der Waals surface area contributed by atoms with Crippen molar-refractivity contribution in [3.8, 4) is 0 Å². The molecule has 0 aliphatic carbocycles. The standard InChI is InChI=1S/C14H14N4O3S2/c19-13-10-4-1-2-5-11(10)17-14(18-13)15-7-8-16-23(20,21)12-6-3-9-22-12/h1-6,9,16H,7-8H2,(H2,15,17,18,19). The minimum absolute atomic E-state index is 0.177. The van der Waals surface area contributed by atoms with Crippen LogP contribution in [-0.4, -0.2) is 31.5 Å². The molecule has 23 heavy (non-hydrogen) atoms. The van der Waals surface area contributed by atoms with Crippen LogP contribution in [0.25, 0.3) is 10.9 Å². The number of hydrogen-bond acceptors (Lipinski definition) is 6. The molecule has 3 N–H and O–H groups in total. The lowest BCUT2D eigenvalue weighted by molar-refractivity contribution is 0.585. The van der Waals surface area contributed by atoms with E-state index in [0.29, 0.717) is 23.4 Å². The molecule has 0 amide bonds. The molecule has 1 aromatic carbocycles. The topological polar surface area (TPSA) is 104 Å². The van der Waals surface area contributed by atoms with Gasteiger partial charge < -0.3 is 5.32 Å². The number of thiophene rings is 1. The quantitative estimate of drug-likeness (QED) is 0.583. The minimum atomic E-state index is -3.48. The zero-order chi connectivity index (χ0) is 16.3. The molecule has 2 heterocycles. The maximum Gasteiger partial charge on any atom is 0.260 e. The Bertz CT molecular complexity index is 965.